The first kappa shape index (κ1) is 35.7. The summed E-state index contributed by atoms with van der Waals surface area (Å²) in [7, 11) is 0. The molecular weight excluding hydrogens is 632 g/mol. The van der Waals surface area contributed by atoms with E-state index < -0.39 is 17.5 Å². The molecule has 3 atom stereocenters. The average Bonchev–Trinajstić information content (AvgIpc) is 3.74. The third-order valence-electron chi connectivity index (χ3n) is 10.0. The average molecular weight is 679 g/mol. The number of hydrogen-bond acceptors (Lipinski definition) is 6. The van der Waals surface area contributed by atoms with Gasteiger partial charge >= 0.3 is 12.1 Å². The Morgan fingerprint density at radius 1 is 0.875 bits per heavy atom. The van der Waals surface area contributed by atoms with Gasteiger partial charge in [-0.1, -0.05) is 55.1 Å². The molecule has 0 aromatic heterocycles. The van der Waals surface area contributed by atoms with E-state index >= 15 is 0 Å². The zero-order chi connectivity index (χ0) is 33.8. The lowest BCUT2D eigenvalue weighted by atomic mass is 9.68. The molecule has 2 aromatic carbocycles. The van der Waals surface area contributed by atoms with E-state index in [0.29, 0.717) is 75.4 Å². The Balaban J connectivity index is 1.05. The van der Waals surface area contributed by atoms with Crippen molar-refractivity contribution < 1.29 is 33.7 Å². The fourth-order valence-electron chi connectivity index (χ4n) is 7.31. The molecule has 0 aliphatic heterocycles. The number of rotatable bonds is 16. The van der Waals surface area contributed by atoms with Crippen LogP contribution in [0.4, 0.5) is 4.79 Å². The number of hydrogen-bond donors (Lipinski definition) is 2. The lowest BCUT2D eigenvalue weighted by molar-refractivity contribution is -0.140. The molecule has 0 heterocycles. The number of carbonyl (C=O) groups is 3. The highest BCUT2D eigenvalue weighted by Gasteiger charge is 2.49. The van der Waals surface area contributed by atoms with Gasteiger partial charge in [0.2, 0.25) is 5.91 Å². The van der Waals surface area contributed by atoms with Gasteiger partial charge in [0, 0.05) is 37.5 Å². The molecule has 10 heteroatoms. The highest BCUT2D eigenvalue weighted by molar-refractivity contribution is 6.30. The predicted octanol–water partition coefficient (Wildman–Crippen LogP) is 6.47. The normalized spacial score (nSPS) is 21.0. The molecule has 0 spiro atoms. The van der Waals surface area contributed by atoms with Crippen LogP contribution in [-0.4, -0.2) is 74.1 Å². The number of benzene rings is 2. The maximum absolute atomic E-state index is 14.4. The van der Waals surface area contributed by atoms with Crippen LogP contribution in [0.25, 0.3) is 0 Å². The zero-order valence-corrected chi connectivity index (χ0v) is 28.3. The van der Waals surface area contributed by atoms with Gasteiger partial charge in [-0.2, -0.15) is 0 Å². The van der Waals surface area contributed by atoms with Gasteiger partial charge in [0.15, 0.2) is 0 Å². The van der Waals surface area contributed by atoms with E-state index in [1.165, 1.54) is 0 Å². The van der Waals surface area contributed by atoms with E-state index in [1.807, 2.05) is 29.2 Å². The molecule has 48 heavy (non-hydrogen) atoms. The third kappa shape index (κ3) is 9.74. The minimum Gasteiger partial charge on any atom is -0.478 e. The van der Waals surface area contributed by atoms with E-state index in [-0.39, 0.29) is 11.5 Å². The Morgan fingerprint density at radius 2 is 1.52 bits per heavy atom. The maximum atomic E-state index is 14.4. The van der Waals surface area contributed by atoms with Crippen LogP contribution in [0.2, 0.25) is 5.02 Å². The van der Waals surface area contributed by atoms with Crippen molar-refractivity contribution in [2.75, 3.05) is 46.1 Å². The summed E-state index contributed by atoms with van der Waals surface area (Å²) in [5, 5.41) is 12.7. The van der Waals surface area contributed by atoms with Crippen LogP contribution in [-0.2, 0) is 31.0 Å². The van der Waals surface area contributed by atoms with Crippen LogP contribution in [0.3, 0.4) is 0 Å². The van der Waals surface area contributed by atoms with Crippen LogP contribution in [0.1, 0.15) is 79.3 Å². The van der Waals surface area contributed by atoms with E-state index in [4.69, 9.17) is 25.8 Å². The SMILES string of the molecule is O=C(NCCOCCOCCN(Cc1ccc(C(=O)O)cc1)C(=O)C1(c2ccc(Cl)cc2)CCCCC1)OCC1[C@H]2CCC#CCC[C@@H]12. The van der Waals surface area contributed by atoms with Crippen molar-refractivity contribution in [2.45, 2.75) is 69.7 Å². The van der Waals surface area contributed by atoms with Gasteiger partial charge in [-0.25, -0.2) is 9.59 Å². The van der Waals surface area contributed by atoms with E-state index in [9.17, 15) is 19.5 Å². The Kier molecular flexibility index (Phi) is 13.2. The second kappa shape index (κ2) is 17.7. The quantitative estimate of drug-likeness (QED) is 0.155. The molecule has 2 saturated carbocycles. The number of ether oxygens (including phenoxy) is 3. The van der Waals surface area contributed by atoms with Gasteiger partial charge in [-0.05, 0) is 78.8 Å². The molecule has 258 valence electrons. The summed E-state index contributed by atoms with van der Waals surface area (Å²) in [6.45, 7) is 2.87. The molecule has 3 aliphatic rings. The van der Waals surface area contributed by atoms with E-state index in [2.05, 4.69) is 17.2 Å². The summed E-state index contributed by atoms with van der Waals surface area (Å²) in [5.41, 5.74) is 1.38. The standard InChI is InChI=1S/C38H47ClN2O7/c39-31-16-14-30(15-17-31)38(18-6-3-7-19-38)36(44)41(26-28-10-12-29(13-11-28)35(42)43)21-23-47-25-24-46-22-20-40-37(45)48-27-34-32-8-4-1-2-5-9-33(32)34/h10-17,32-34H,3-9,18-27H2,(H,40,45)(H,42,43)/t32-,33+,34?. The van der Waals surface area contributed by atoms with E-state index in [0.717, 1.165) is 68.9 Å². The topological polar surface area (TPSA) is 114 Å². The number of nitrogens with one attached hydrogen (secondary N) is 1. The van der Waals surface area contributed by atoms with Gasteiger partial charge in [-0.15, -0.1) is 11.8 Å². The molecule has 0 saturated heterocycles. The molecule has 1 unspecified atom stereocenters. The molecule has 3 aliphatic carbocycles. The van der Waals surface area contributed by atoms with Gasteiger partial charge in [0.25, 0.3) is 0 Å². The number of halogens is 1. The number of alkyl carbamates (subject to hydrolysis) is 1. The summed E-state index contributed by atoms with van der Waals surface area (Å²) in [4.78, 5) is 39.8. The van der Waals surface area contributed by atoms with Crippen molar-refractivity contribution in [1.82, 2.24) is 10.2 Å². The smallest absolute Gasteiger partial charge is 0.407 e. The van der Waals surface area contributed by atoms with Crippen LogP contribution in [0.5, 0.6) is 0 Å². The van der Waals surface area contributed by atoms with Gasteiger partial charge in [0.1, 0.15) is 0 Å². The van der Waals surface area contributed by atoms with Crippen LogP contribution < -0.4 is 5.32 Å². The summed E-state index contributed by atoms with van der Waals surface area (Å²) in [6, 6.07) is 14.3. The fraction of sp³-hybridized carbons (Fsp3) is 0.553. The Hall–Kier alpha value is -3.58. The number of carboxylic acids is 1. The summed E-state index contributed by atoms with van der Waals surface area (Å²) < 4.78 is 17.0. The first-order valence-electron chi connectivity index (χ1n) is 17.3. The van der Waals surface area contributed by atoms with Gasteiger partial charge in [-0.3, -0.25) is 4.79 Å². The first-order valence-corrected chi connectivity index (χ1v) is 17.6. The fourth-order valence-corrected chi connectivity index (χ4v) is 7.43. The molecule has 2 amide bonds. The van der Waals surface area contributed by atoms with Crippen LogP contribution >= 0.6 is 11.6 Å². The van der Waals surface area contributed by atoms with E-state index in [1.54, 1.807) is 24.3 Å². The largest absolute Gasteiger partial charge is 0.478 e. The van der Waals surface area contributed by atoms with Crippen molar-refractivity contribution in [1.29, 1.82) is 0 Å². The summed E-state index contributed by atoms with van der Waals surface area (Å²) >= 11 is 6.19. The summed E-state index contributed by atoms with van der Waals surface area (Å²) in [5.74, 6) is 7.20. The molecular formula is C38H47ClN2O7. The summed E-state index contributed by atoms with van der Waals surface area (Å²) in [6.07, 6.45) is 8.21. The van der Waals surface area contributed by atoms with Crippen molar-refractivity contribution in [3.8, 4) is 11.8 Å². The first-order chi connectivity index (χ1) is 23.4. The number of carbonyl (C=O) groups excluding carboxylic acids is 2. The number of fused-ring (bicyclic) bond motifs is 1. The van der Waals surface area contributed by atoms with Gasteiger partial charge in [0.05, 0.1) is 44.0 Å². The molecule has 2 aromatic rings. The number of nitrogens with zero attached hydrogens (tertiary/aromatic N) is 1. The molecule has 5 rings (SSSR count). The monoisotopic (exact) mass is 678 g/mol. The molecule has 0 bridgehead atoms. The van der Waals surface area contributed by atoms with Crippen molar-refractivity contribution in [2.24, 2.45) is 17.8 Å². The Labute approximate surface area is 288 Å². The highest BCUT2D eigenvalue weighted by atomic mass is 35.5. The molecule has 2 fully saturated rings. The second-order valence-electron chi connectivity index (χ2n) is 13.1. The molecule has 2 N–H and O–H groups in total. The lowest BCUT2D eigenvalue weighted by Gasteiger charge is -2.40. The van der Waals surface area contributed by atoms with Crippen LogP contribution in [0, 0.1) is 29.6 Å². The Morgan fingerprint density at radius 3 is 2.17 bits per heavy atom. The number of carboxylic acid groups (broad SMARTS) is 1. The number of amides is 2. The zero-order valence-electron chi connectivity index (χ0n) is 27.6. The van der Waals surface area contributed by atoms with Crippen molar-refractivity contribution >= 4 is 29.6 Å². The lowest BCUT2D eigenvalue weighted by Crippen LogP contribution is -2.48. The predicted molar refractivity (Wildman–Crippen MR) is 183 cm³/mol. The van der Waals surface area contributed by atoms with Gasteiger partial charge < -0.3 is 29.5 Å². The third-order valence-corrected chi connectivity index (χ3v) is 10.3. The minimum absolute atomic E-state index is 0.0464. The Bertz CT molecular complexity index is 1410. The van der Waals surface area contributed by atoms with Crippen molar-refractivity contribution in [3.05, 3.63) is 70.2 Å². The maximum Gasteiger partial charge on any atom is 0.407 e. The number of aromatic carboxylic acids is 1. The second-order valence-corrected chi connectivity index (χ2v) is 13.5. The van der Waals surface area contributed by atoms with Crippen molar-refractivity contribution in [3.63, 3.8) is 0 Å². The molecule has 0 radical (unpaired) electrons. The molecule has 9 nitrogen and oxygen atoms in total. The van der Waals surface area contributed by atoms with Crippen LogP contribution in [0.15, 0.2) is 48.5 Å². The highest BCUT2D eigenvalue weighted by Crippen LogP contribution is 2.52. The minimum atomic E-state index is -0.989.